The van der Waals surface area contributed by atoms with Crippen LogP contribution in [0, 0.1) is 5.41 Å². The first-order chi connectivity index (χ1) is 6.68. The van der Waals surface area contributed by atoms with Gasteiger partial charge < -0.3 is 11.1 Å². The Labute approximate surface area is 84.7 Å². The van der Waals surface area contributed by atoms with Crippen LogP contribution in [-0.4, -0.2) is 11.5 Å². The SMILES string of the molecule is CC1(CNCc2ccc(N)cn2)CC1. The first-order valence-corrected chi connectivity index (χ1v) is 5.09. The molecule has 3 N–H and O–H groups in total. The van der Waals surface area contributed by atoms with Gasteiger partial charge in [-0.3, -0.25) is 4.98 Å². The van der Waals surface area contributed by atoms with Crippen molar-refractivity contribution < 1.29 is 0 Å². The summed E-state index contributed by atoms with van der Waals surface area (Å²) < 4.78 is 0. The Morgan fingerprint density at radius 3 is 2.86 bits per heavy atom. The number of hydrogen-bond donors (Lipinski definition) is 2. The average molecular weight is 191 g/mol. The highest BCUT2D eigenvalue weighted by Gasteiger charge is 2.36. The molecule has 0 spiro atoms. The van der Waals surface area contributed by atoms with Crippen LogP contribution >= 0.6 is 0 Å². The minimum absolute atomic E-state index is 0.563. The van der Waals surface area contributed by atoms with Crippen LogP contribution in [0.25, 0.3) is 0 Å². The third kappa shape index (κ3) is 2.45. The number of pyridine rings is 1. The second kappa shape index (κ2) is 3.58. The average Bonchev–Trinajstić information content (AvgIpc) is 2.88. The van der Waals surface area contributed by atoms with Crippen molar-refractivity contribution in [3.05, 3.63) is 24.0 Å². The Hall–Kier alpha value is -1.09. The molecule has 1 aliphatic carbocycles. The minimum Gasteiger partial charge on any atom is -0.397 e. The number of rotatable bonds is 4. The first kappa shape index (κ1) is 9.46. The molecule has 0 atom stereocenters. The maximum atomic E-state index is 5.55. The van der Waals surface area contributed by atoms with E-state index in [-0.39, 0.29) is 0 Å². The Morgan fingerprint density at radius 1 is 1.50 bits per heavy atom. The molecule has 1 aromatic rings. The highest BCUT2D eigenvalue weighted by molar-refractivity contribution is 5.34. The summed E-state index contributed by atoms with van der Waals surface area (Å²) in [4.78, 5) is 4.23. The van der Waals surface area contributed by atoms with Crippen molar-refractivity contribution in [3.8, 4) is 0 Å². The normalized spacial score (nSPS) is 18.1. The number of nitrogens with zero attached hydrogens (tertiary/aromatic N) is 1. The van der Waals surface area contributed by atoms with E-state index in [2.05, 4.69) is 17.2 Å². The molecule has 1 heterocycles. The molecular weight excluding hydrogens is 174 g/mol. The van der Waals surface area contributed by atoms with Gasteiger partial charge in [-0.2, -0.15) is 0 Å². The molecule has 0 amide bonds. The molecule has 14 heavy (non-hydrogen) atoms. The van der Waals surface area contributed by atoms with Crippen molar-refractivity contribution in [2.45, 2.75) is 26.3 Å². The van der Waals surface area contributed by atoms with Gasteiger partial charge >= 0.3 is 0 Å². The smallest absolute Gasteiger partial charge is 0.0543 e. The van der Waals surface area contributed by atoms with Crippen LogP contribution in [0.4, 0.5) is 5.69 Å². The molecule has 1 saturated carbocycles. The summed E-state index contributed by atoms with van der Waals surface area (Å²) in [5.74, 6) is 0. The maximum absolute atomic E-state index is 5.55. The zero-order chi connectivity index (χ0) is 10.0. The molecule has 1 fully saturated rings. The van der Waals surface area contributed by atoms with Gasteiger partial charge in [0, 0.05) is 13.1 Å². The molecule has 3 nitrogen and oxygen atoms in total. The van der Waals surface area contributed by atoms with Crippen molar-refractivity contribution >= 4 is 5.69 Å². The van der Waals surface area contributed by atoms with E-state index in [1.807, 2.05) is 12.1 Å². The van der Waals surface area contributed by atoms with E-state index in [0.29, 0.717) is 5.41 Å². The molecule has 0 aromatic carbocycles. The lowest BCUT2D eigenvalue weighted by molar-refractivity contribution is 0.497. The van der Waals surface area contributed by atoms with Crippen molar-refractivity contribution in [2.24, 2.45) is 5.41 Å². The predicted octanol–water partition coefficient (Wildman–Crippen LogP) is 1.55. The van der Waals surface area contributed by atoms with Crippen molar-refractivity contribution in [1.29, 1.82) is 0 Å². The Bertz CT molecular complexity index is 301. The summed E-state index contributed by atoms with van der Waals surface area (Å²) in [5.41, 5.74) is 7.90. The fraction of sp³-hybridized carbons (Fsp3) is 0.545. The molecule has 76 valence electrons. The Kier molecular flexibility index (Phi) is 2.42. The van der Waals surface area contributed by atoms with E-state index in [1.165, 1.54) is 12.8 Å². The van der Waals surface area contributed by atoms with E-state index in [0.717, 1.165) is 24.5 Å². The first-order valence-electron chi connectivity index (χ1n) is 5.09. The molecule has 0 radical (unpaired) electrons. The zero-order valence-corrected chi connectivity index (χ0v) is 8.59. The largest absolute Gasteiger partial charge is 0.397 e. The molecule has 2 rings (SSSR count). The monoisotopic (exact) mass is 191 g/mol. The Balaban J connectivity index is 1.77. The van der Waals surface area contributed by atoms with Crippen molar-refractivity contribution in [1.82, 2.24) is 10.3 Å². The van der Waals surface area contributed by atoms with E-state index >= 15 is 0 Å². The van der Waals surface area contributed by atoms with Gasteiger partial charge in [-0.15, -0.1) is 0 Å². The maximum Gasteiger partial charge on any atom is 0.0543 e. The highest BCUT2D eigenvalue weighted by atomic mass is 14.9. The van der Waals surface area contributed by atoms with Gasteiger partial charge in [0.1, 0.15) is 0 Å². The van der Waals surface area contributed by atoms with Crippen LogP contribution in [0.2, 0.25) is 0 Å². The summed E-state index contributed by atoms with van der Waals surface area (Å²) in [5, 5.41) is 3.42. The molecular formula is C11H17N3. The highest BCUT2D eigenvalue weighted by Crippen LogP contribution is 2.44. The quantitative estimate of drug-likeness (QED) is 0.759. The predicted molar refractivity (Wildman–Crippen MR) is 57.7 cm³/mol. The van der Waals surface area contributed by atoms with Crippen LogP contribution in [0.3, 0.4) is 0 Å². The van der Waals surface area contributed by atoms with Crippen molar-refractivity contribution in [2.75, 3.05) is 12.3 Å². The summed E-state index contributed by atoms with van der Waals surface area (Å²) in [6.07, 6.45) is 4.42. The van der Waals surface area contributed by atoms with Gasteiger partial charge in [-0.1, -0.05) is 6.92 Å². The minimum atomic E-state index is 0.563. The molecule has 0 bridgehead atoms. The molecule has 0 saturated heterocycles. The van der Waals surface area contributed by atoms with Gasteiger partial charge in [0.25, 0.3) is 0 Å². The summed E-state index contributed by atoms with van der Waals surface area (Å²) in [6.45, 7) is 4.26. The number of nitrogens with one attached hydrogen (secondary N) is 1. The third-order valence-corrected chi connectivity index (χ3v) is 2.81. The topological polar surface area (TPSA) is 50.9 Å². The lowest BCUT2D eigenvalue weighted by Crippen LogP contribution is -2.21. The molecule has 1 aromatic heterocycles. The van der Waals surface area contributed by atoms with Gasteiger partial charge in [-0.25, -0.2) is 0 Å². The fourth-order valence-corrected chi connectivity index (χ4v) is 1.42. The number of nitrogens with two attached hydrogens (primary N) is 1. The third-order valence-electron chi connectivity index (χ3n) is 2.81. The number of aromatic nitrogens is 1. The van der Waals surface area contributed by atoms with Crippen LogP contribution < -0.4 is 11.1 Å². The number of nitrogen functional groups attached to an aromatic ring is 1. The van der Waals surface area contributed by atoms with Crippen LogP contribution in [-0.2, 0) is 6.54 Å². The second-order valence-corrected chi connectivity index (χ2v) is 4.50. The number of anilines is 1. The van der Waals surface area contributed by atoms with E-state index in [1.54, 1.807) is 6.20 Å². The van der Waals surface area contributed by atoms with Crippen LogP contribution in [0.1, 0.15) is 25.5 Å². The zero-order valence-electron chi connectivity index (χ0n) is 8.59. The van der Waals surface area contributed by atoms with Gasteiger partial charge in [0.15, 0.2) is 0 Å². The standard InChI is InChI=1S/C11H17N3/c1-11(4-5-11)8-13-7-10-3-2-9(12)6-14-10/h2-3,6,13H,4-5,7-8,12H2,1H3. The lowest BCUT2D eigenvalue weighted by atomic mass is 10.1. The Morgan fingerprint density at radius 2 is 2.29 bits per heavy atom. The van der Waals surface area contributed by atoms with E-state index in [4.69, 9.17) is 5.73 Å². The lowest BCUT2D eigenvalue weighted by Gasteiger charge is -2.09. The molecule has 0 unspecified atom stereocenters. The summed E-state index contributed by atoms with van der Waals surface area (Å²) >= 11 is 0. The summed E-state index contributed by atoms with van der Waals surface area (Å²) in [7, 11) is 0. The van der Waals surface area contributed by atoms with Crippen molar-refractivity contribution in [3.63, 3.8) is 0 Å². The molecule has 1 aliphatic rings. The number of hydrogen-bond acceptors (Lipinski definition) is 3. The van der Waals surface area contributed by atoms with Gasteiger partial charge in [0.05, 0.1) is 17.6 Å². The van der Waals surface area contributed by atoms with Crippen LogP contribution in [0.5, 0.6) is 0 Å². The van der Waals surface area contributed by atoms with E-state index < -0.39 is 0 Å². The molecule has 3 heteroatoms. The van der Waals surface area contributed by atoms with Crippen LogP contribution in [0.15, 0.2) is 18.3 Å². The fourth-order valence-electron chi connectivity index (χ4n) is 1.42. The second-order valence-electron chi connectivity index (χ2n) is 4.50. The summed E-state index contributed by atoms with van der Waals surface area (Å²) in [6, 6.07) is 3.86. The van der Waals surface area contributed by atoms with E-state index in [9.17, 15) is 0 Å². The van der Waals surface area contributed by atoms with Gasteiger partial charge in [0.2, 0.25) is 0 Å². The van der Waals surface area contributed by atoms with Gasteiger partial charge in [-0.05, 0) is 30.4 Å². The molecule has 0 aliphatic heterocycles.